The van der Waals surface area contributed by atoms with Gasteiger partial charge in [0.1, 0.15) is 0 Å². The Morgan fingerprint density at radius 2 is 1.95 bits per heavy atom. The lowest BCUT2D eigenvalue weighted by molar-refractivity contribution is -0.142. The minimum atomic E-state index is -0.663. The Balaban J connectivity index is 1.89. The highest BCUT2D eigenvalue weighted by Gasteiger charge is 2.25. The second-order valence-corrected chi connectivity index (χ2v) is 7.00. The van der Waals surface area contributed by atoms with Crippen molar-refractivity contribution in [1.29, 1.82) is 0 Å². The maximum atomic E-state index is 10.9. The predicted octanol–water partition coefficient (Wildman–Crippen LogP) is 3.53. The summed E-state index contributed by atoms with van der Waals surface area (Å²) in [4.78, 5) is 10.9. The fourth-order valence-electron chi connectivity index (χ4n) is 2.58. The molecule has 0 radical (unpaired) electrons. The third kappa shape index (κ3) is 3.96. The van der Waals surface area contributed by atoms with Crippen LogP contribution in [-0.2, 0) is 11.3 Å². The van der Waals surface area contributed by atoms with E-state index in [0.29, 0.717) is 12.6 Å². The van der Waals surface area contributed by atoms with Gasteiger partial charge in [-0.15, -0.1) is 0 Å². The van der Waals surface area contributed by atoms with Gasteiger partial charge in [-0.05, 0) is 59.3 Å². The van der Waals surface area contributed by atoms with E-state index < -0.39 is 5.97 Å². The molecule has 0 aromatic heterocycles. The van der Waals surface area contributed by atoms with Crippen molar-refractivity contribution in [3.63, 3.8) is 0 Å². The van der Waals surface area contributed by atoms with Crippen LogP contribution in [0, 0.1) is 5.92 Å². The first kappa shape index (κ1) is 15.8. The third-order valence-electron chi connectivity index (χ3n) is 3.84. The van der Waals surface area contributed by atoms with E-state index >= 15 is 0 Å². The molecule has 0 bridgehead atoms. The second-order valence-electron chi connectivity index (χ2n) is 5.23. The van der Waals surface area contributed by atoms with Gasteiger partial charge in [-0.2, -0.15) is 0 Å². The van der Waals surface area contributed by atoms with Crippen LogP contribution in [0.25, 0.3) is 0 Å². The van der Waals surface area contributed by atoms with Crippen molar-refractivity contribution in [3.05, 3.63) is 26.6 Å². The molecule has 110 valence electrons. The van der Waals surface area contributed by atoms with Gasteiger partial charge < -0.3 is 16.2 Å². The summed E-state index contributed by atoms with van der Waals surface area (Å²) in [6, 6.07) is 4.31. The Labute approximate surface area is 135 Å². The molecule has 1 aliphatic rings. The Hall–Kier alpha value is -0.590. The number of hydrogen-bond acceptors (Lipinski definition) is 3. The van der Waals surface area contributed by atoms with E-state index in [4.69, 9.17) is 10.8 Å². The number of nitrogens with two attached hydrogens (primary N) is 1. The van der Waals surface area contributed by atoms with Gasteiger partial charge in [0.05, 0.1) is 11.6 Å². The largest absolute Gasteiger partial charge is 0.481 e. The number of aliphatic carboxylic acids is 1. The monoisotopic (exact) mass is 404 g/mol. The van der Waals surface area contributed by atoms with Crippen LogP contribution in [0.3, 0.4) is 0 Å². The molecule has 0 atom stereocenters. The van der Waals surface area contributed by atoms with Gasteiger partial charge in [0, 0.05) is 21.5 Å². The molecule has 4 nitrogen and oxygen atoms in total. The summed E-state index contributed by atoms with van der Waals surface area (Å²) in [5, 5.41) is 12.5. The highest BCUT2D eigenvalue weighted by molar-refractivity contribution is 9.11. The number of carboxylic acids is 1. The van der Waals surface area contributed by atoms with Crippen LogP contribution in [0.1, 0.15) is 31.2 Å². The maximum Gasteiger partial charge on any atom is 0.306 e. The zero-order valence-corrected chi connectivity index (χ0v) is 14.2. The average molecular weight is 406 g/mol. The van der Waals surface area contributed by atoms with Crippen molar-refractivity contribution in [2.75, 3.05) is 5.73 Å². The standard InChI is InChI=1S/C14H18Br2N2O2/c15-10-5-9(13(17)12(16)6-10)7-18-11-3-1-8(2-4-11)14(19)20/h5-6,8,11,18H,1-4,7,17H2,(H,19,20). The molecule has 1 aromatic rings. The number of rotatable bonds is 4. The Kier molecular flexibility index (Phi) is 5.46. The fraction of sp³-hybridized carbons (Fsp3) is 0.500. The van der Waals surface area contributed by atoms with Gasteiger partial charge in [-0.25, -0.2) is 0 Å². The maximum absolute atomic E-state index is 10.9. The lowest BCUT2D eigenvalue weighted by Gasteiger charge is -2.27. The van der Waals surface area contributed by atoms with Crippen molar-refractivity contribution >= 4 is 43.5 Å². The van der Waals surface area contributed by atoms with Crippen molar-refractivity contribution in [2.45, 2.75) is 38.3 Å². The third-order valence-corrected chi connectivity index (χ3v) is 4.95. The van der Waals surface area contributed by atoms with Gasteiger partial charge in [0.15, 0.2) is 0 Å². The molecule has 0 spiro atoms. The minimum absolute atomic E-state index is 0.168. The van der Waals surface area contributed by atoms with E-state index in [9.17, 15) is 4.79 Å². The van der Waals surface area contributed by atoms with Crippen LogP contribution < -0.4 is 11.1 Å². The Morgan fingerprint density at radius 1 is 1.30 bits per heavy atom. The molecular formula is C14H18Br2N2O2. The molecule has 0 unspecified atom stereocenters. The number of carboxylic acid groups (broad SMARTS) is 1. The summed E-state index contributed by atoms with van der Waals surface area (Å²) in [6.45, 7) is 0.701. The summed E-state index contributed by atoms with van der Waals surface area (Å²) in [5.74, 6) is -0.832. The van der Waals surface area contributed by atoms with E-state index in [1.807, 2.05) is 12.1 Å². The summed E-state index contributed by atoms with van der Waals surface area (Å²) in [7, 11) is 0. The highest BCUT2D eigenvalue weighted by Crippen LogP contribution is 2.29. The number of halogens is 2. The van der Waals surface area contributed by atoms with Gasteiger partial charge in [0.2, 0.25) is 0 Å². The first-order valence-corrected chi connectivity index (χ1v) is 8.25. The van der Waals surface area contributed by atoms with E-state index in [-0.39, 0.29) is 5.92 Å². The van der Waals surface area contributed by atoms with Gasteiger partial charge in [-0.3, -0.25) is 4.79 Å². The molecule has 4 N–H and O–H groups in total. The van der Waals surface area contributed by atoms with Crippen LogP contribution in [0.15, 0.2) is 21.1 Å². The quantitative estimate of drug-likeness (QED) is 0.669. The van der Waals surface area contributed by atoms with Gasteiger partial charge >= 0.3 is 5.97 Å². The first-order chi connectivity index (χ1) is 9.47. The first-order valence-electron chi connectivity index (χ1n) is 6.67. The summed E-state index contributed by atoms with van der Waals surface area (Å²) < 4.78 is 1.88. The predicted molar refractivity (Wildman–Crippen MR) is 86.5 cm³/mol. The van der Waals surface area contributed by atoms with Crippen LogP contribution >= 0.6 is 31.9 Å². The van der Waals surface area contributed by atoms with E-state index in [0.717, 1.165) is 45.9 Å². The van der Waals surface area contributed by atoms with Gasteiger partial charge in [0.25, 0.3) is 0 Å². The molecule has 0 amide bonds. The molecule has 1 aliphatic carbocycles. The highest BCUT2D eigenvalue weighted by atomic mass is 79.9. The molecule has 0 heterocycles. The number of carbonyl (C=O) groups is 1. The molecule has 1 fully saturated rings. The molecule has 0 aliphatic heterocycles. The van der Waals surface area contributed by atoms with Crippen LogP contribution in [0.4, 0.5) is 5.69 Å². The Morgan fingerprint density at radius 3 is 2.55 bits per heavy atom. The number of nitrogen functional groups attached to an aromatic ring is 1. The van der Waals surface area contributed by atoms with Crippen molar-refractivity contribution < 1.29 is 9.90 Å². The zero-order chi connectivity index (χ0) is 14.7. The number of hydrogen-bond donors (Lipinski definition) is 3. The summed E-state index contributed by atoms with van der Waals surface area (Å²) in [6.07, 6.45) is 3.33. The lowest BCUT2D eigenvalue weighted by atomic mass is 9.86. The molecule has 1 saturated carbocycles. The molecule has 1 aromatic carbocycles. The summed E-state index contributed by atoms with van der Waals surface area (Å²) >= 11 is 6.90. The SMILES string of the molecule is Nc1c(Br)cc(Br)cc1CNC1CCC(C(=O)O)CC1. The van der Waals surface area contributed by atoms with Crippen LogP contribution in [-0.4, -0.2) is 17.1 Å². The molecule has 20 heavy (non-hydrogen) atoms. The van der Waals surface area contributed by atoms with Gasteiger partial charge in [-0.1, -0.05) is 15.9 Å². The molecule has 0 saturated heterocycles. The molecule has 2 rings (SSSR count). The fourth-order valence-corrected chi connectivity index (χ4v) is 3.90. The number of nitrogens with one attached hydrogen (secondary N) is 1. The second kappa shape index (κ2) is 6.91. The van der Waals surface area contributed by atoms with Crippen molar-refractivity contribution in [2.24, 2.45) is 5.92 Å². The van der Waals surface area contributed by atoms with Crippen molar-refractivity contribution in [3.8, 4) is 0 Å². The topological polar surface area (TPSA) is 75.3 Å². The van der Waals surface area contributed by atoms with Crippen molar-refractivity contribution in [1.82, 2.24) is 5.32 Å². The Bertz CT molecular complexity index is 500. The normalized spacial score (nSPS) is 22.7. The lowest BCUT2D eigenvalue weighted by Crippen LogP contribution is -2.34. The van der Waals surface area contributed by atoms with E-state index in [2.05, 4.69) is 37.2 Å². The van der Waals surface area contributed by atoms with Crippen LogP contribution in [0.5, 0.6) is 0 Å². The smallest absolute Gasteiger partial charge is 0.306 e. The zero-order valence-electron chi connectivity index (χ0n) is 11.0. The van der Waals surface area contributed by atoms with E-state index in [1.165, 1.54) is 0 Å². The minimum Gasteiger partial charge on any atom is -0.481 e. The average Bonchev–Trinajstić information content (AvgIpc) is 2.41. The molecule has 6 heteroatoms. The van der Waals surface area contributed by atoms with E-state index in [1.54, 1.807) is 0 Å². The number of anilines is 1. The molecular weight excluding hydrogens is 388 g/mol. The number of benzene rings is 1. The summed E-state index contributed by atoms with van der Waals surface area (Å²) in [5.41, 5.74) is 7.84. The van der Waals surface area contributed by atoms with Crippen LogP contribution in [0.2, 0.25) is 0 Å².